The Morgan fingerprint density at radius 1 is 0.379 bits per heavy atom. The molecular formula is C62H52N2O2. The smallest absolute Gasteiger partial charge is 0.159 e. The van der Waals surface area contributed by atoms with E-state index in [0.29, 0.717) is 0 Å². The van der Waals surface area contributed by atoms with E-state index in [4.69, 9.17) is 8.83 Å². The maximum absolute atomic E-state index is 7.06. The molecule has 0 fully saturated rings. The molecule has 0 amide bonds. The Morgan fingerprint density at radius 2 is 0.879 bits per heavy atom. The number of rotatable bonds is 6. The van der Waals surface area contributed by atoms with Crippen molar-refractivity contribution in [2.75, 3.05) is 10.2 Å². The summed E-state index contributed by atoms with van der Waals surface area (Å²) >= 11 is 0. The van der Waals surface area contributed by atoms with E-state index in [-0.39, 0.29) is 10.8 Å². The van der Waals surface area contributed by atoms with Gasteiger partial charge in [-0.15, -0.1) is 0 Å². The van der Waals surface area contributed by atoms with Crippen LogP contribution in [0.1, 0.15) is 63.8 Å². The molecule has 12 rings (SSSR count). The van der Waals surface area contributed by atoms with Crippen LogP contribution < -0.4 is 10.2 Å². The minimum atomic E-state index is -0.0805. The quantitative estimate of drug-likeness (QED) is 0.169. The van der Waals surface area contributed by atoms with Gasteiger partial charge >= 0.3 is 0 Å². The maximum Gasteiger partial charge on any atom is 0.159 e. The monoisotopic (exact) mass is 856 g/mol. The molecule has 0 aliphatic carbocycles. The Morgan fingerprint density at radius 3 is 1.56 bits per heavy atom. The van der Waals surface area contributed by atoms with Crippen molar-refractivity contribution in [1.82, 2.24) is 0 Å². The van der Waals surface area contributed by atoms with Gasteiger partial charge in [0, 0.05) is 71.6 Å². The highest BCUT2D eigenvalue weighted by atomic mass is 16.3. The van der Waals surface area contributed by atoms with Crippen LogP contribution in [0.5, 0.6) is 0 Å². The van der Waals surface area contributed by atoms with Crippen molar-refractivity contribution in [3.8, 4) is 11.1 Å². The summed E-state index contributed by atoms with van der Waals surface area (Å²) in [5.41, 5.74) is 15.8. The predicted octanol–water partition coefficient (Wildman–Crippen LogP) is 18.5. The van der Waals surface area contributed by atoms with Crippen LogP contribution in [0.2, 0.25) is 0 Å². The summed E-state index contributed by atoms with van der Waals surface area (Å²) in [6.45, 7) is 17.9. The first-order valence-electron chi connectivity index (χ1n) is 23.2. The Labute approximate surface area is 385 Å². The van der Waals surface area contributed by atoms with Gasteiger partial charge in [-0.2, -0.15) is 0 Å². The zero-order chi connectivity index (χ0) is 45.2. The van der Waals surface area contributed by atoms with Crippen LogP contribution in [-0.4, -0.2) is 0 Å². The molecule has 4 nitrogen and oxygen atoms in total. The normalized spacial score (nSPS) is 12.5. The highest BCUT2D eigenvalue weighted by molar-refractivity contribution is 6.28. The molecule has 1 N–H and O–H groups in total. The van der Waals surface area contributed by atoms with Crippen molar-refractivity contribution in [1.29, 1.82) is 0 Å². The molecule has 322 valence electrons. The number of hydrogen-bond acceptors (Lipinski definition) is 4. The van der Waals surface area contributed by atoms with Crippen molar-refractivity contribution in [2.45, 2.75) is 66.2 Å². The molecule has 0 unspecified atom stereocenters. The fourth-order valence-electron chi connectivity index (χ4n) is 10.7. The second-order valence-corrected chi connectivity index (χ2v) is 20.3. The van der Waals surface area contributed by atoms with Crippen molar-refractivity contribution in [3.05, 3.63) is 186 Å². The largest absolute Gasteiger partial charge is 0.455 e. The third-order valence-corrected chi connectivity index (χ3v) is 13.9. The molecule has 0 aliphatic rings. The molecule has 66 heavy (non-hydrogen) atoms. The van der Waals surface area contributed by atoms with Crippen molar-refractivity contribution < 1.29 is 8.83 Å². The van der Waals surface area contributed by atoms with Gasteiger partial charge in [0.25, 0.3) is 0 Å². The van der Waals surface area contributed by atoms with Crippen LogP contribution in [0.4, 0.5) is 28.4 Å². The second kappa shape index (κ2) is 14.5. The molecule has 10 aromatic carbocycles. The summed E-state index contributed by atoms with van der Waals surface area (Å²) in [6.07, 6.45) is 0. The summed E-state index contributed by atoms with van der Waals surface area (Å²) in [6, 6.07) is 59.7. The van der Waals surface area contributed by atoms with Crippen LogP contribution >= 0.6 is 0 Å². The van der Waals surface area contributed by atoms with Gasteiger partial charge in [0.15, 0.2) is 5.58 Å². The molecule has 0 saturated heterocycles. The van der Waals surface area contributed by atoms with Crippen LogP contribution in [0, 0.1) is 13.8 Å². The summed E-state index contributed by atoms with van der Waals surface area (Å²) in [7, 11) is 0. The van der Waals surface area contributed by atoms with Gasteiger partial charge in [-0.1, -0.05) is 181 Å². The van der Waals surface area contributed by atoms with E-state index in [1.807, 2.05) is 0 Å². The lowest BCUT2D eigenvalue weighted by molar-refractivity contribution is 0.572. The van der Waals surface area contributed by atoms with Gasteiger partial charge in [0.2, 0.25) is 0 Å². The van der Waals surface area contributed by atoms with E-state index < -0.39 is 0 Å². The van der Waals surface area contributed by atoms with Gasteiger partial charge in [-0.05, 0) is 81.6 Å². The molecule has 0 saturated carbocycles. The topological polar surface area (TPSA) is 41.5 Å². The lowest BCUT2D eigenvalue weighted by atomic mass is 9.86. The standard InChI is InChI=1S/C62H52N2O2/c1-36-16-9-10-26-51(36)64(53-27-15-23-45-44-22-14-25-49(62(6,7)8)59(44)66-60(45)53)52-35-31-39-28-32-46-50(34-30-38-29-33-47(52)55(39)54(38)46)63-56-37(2)17-11-18-40(56)41-19-12-20-42-43-21-13-24-48(61(3,4)5)58(43)65-57(41)42/h9-35,63H,1-8H3. The summed E-state index contributed by atoms with van der Waals surface area (Å²) in [5.74, 6) is 0. The summed E-state index contributed by atoms with van der Waals surface area (Å²) in [4.78, 5) is 2.42. The molecule has 2 heterocycles. The van der Waals surface area contributed by atoms with Crippen LogP contribution in [-0.2, 0) is 10.8 Å². The minimum absolute atomic E-state index is 0.0583. The lowest BCUT2D eigenvalue weighted by Crippen LogP contribution is -2.12. The first-order valence-corrected chi connectivity index (χ1v) is 23.2. The third kappa shape index (κ3) is 6.04. The number of para-hydroxylation sites is 6. The van der Waals surface area contributed by atoms with Crippen molar-refractivity contribution in [2.24, 2.45) is 0 Å². The van der Waals surface area contributed by atoms with E-state index in [1.54, 1.807) is 0 Å². The average Bonchev–Trinajstić information content (AvgIpc) is 3.89. The predicted molar refractivity (Wildman–Crippen MR) is 281 cm³/mol. The SMILES string of the molecule is Cc1ccccc1N(c1ccc2ccc3c(Nc4c(C)cccc4-c4cccc5c4oc4c(C(C)(C)C)cccc45)ccc4ccc1c2c43)c1cccc2c1oc1c(C(C)(C)C)cccc12. The Kier molecular flexibility index (Phi) is 8.77. The molecular weight excluding hydrogens is 805 g/mol. The molecule has 0 atom stereocenters. The number of fused-ring (bicyclic) bond motifs is 6. The van der Waals surface area contributed by atoms with Crippen molar-refractivity contribution >= 4 is 105 Å². The van der Waals surface area contributed by atoms with E-state index >= 15 is 0 Å². The summed E-state index contributed by atoms with van der Waals surface area (Å²) in [5, 5.41) is 15.8. The Hall–Kier alpha value is -7.56. The van der Waals surface area contributed by atoms with Crippen LogP contribution in [0.25, 0.3) is 87.3 Å². The zero-order valence-corrected chi connectivity index (χ0v) is 38.9. The molecule has 0 radical (unpaired) electrons. The highest BCUT2D eigenvalue weighted by Crippen LogP contribution is 2.50. The van der Waals surface area contributed by atoms with E-state index in [9.17, 15) is 0 Å². The molecule has 12 aromatic rings. The Bertz CT molecular complexity index is 3910. The average molecular weight is 857 g/mol. The second-order valence-electron chi connectivity index (χ2n) is 20.3. The van der Waals surface area contributed by atoms with Crippen molar-refractivity contribution in [3.63, 3.8) is 0 Å². The molecule has 2 aromatic heterocycles. The highest BCUT2D eigenvalue weighted by Gasteiger charge is 2.27. The number of furan rings is 2. The van der Waals surface area contributed by atoms with Gasteiger partial charge < -0.3 is 19.1 Å². The van der Waals surface area contributed by atoms with E-state index in [0.717, 1.165) is 89.0 Å². The van der Waals surface area contributed by atoms with Gasteiger partial charge in [0.1, 0.15) is 16.7 Å². The molecule has 4 heteroatoms. The number of nitrogens with zero attached hydrogens (tertiary/aromatic N) is 1. The van der Waals surface area contributed by atoms with Crippen LogP contribution in [0.3, 0.4) is 0 Å². The fraction of sp³-hybridized carbons (Fsp3) is 0.161. The molecule has 0 spiro atoms. The number of hydrogen-bond donors (Lipinski definition) is 1. The minimum Gasteiger partial charge on any atom is -0.455 e. The molecule has 0 aliphatic heterocycles. The van der Waals surface area contributed by atoms with Crippen LogP contribution in [0.15, 0.2) is 173 Å². The fourth-order valence-corrected chi connectivity index (χ4v) is 10.7. The lowest BCUT2D eigenvalue weighted by Gasteiger charge is -2.29. The molecule has 0 bridgehead atoms. The third-order valence-electron chi connectivity index (χ3n) is 13.9. The van der Waals surface area contributed by atoms with Gasteiger partial charge in [0.05, 0.1) is 11.4 Å². The number of benzene rings is 10. The zero-order valence-electron chi connectivity index (χ0n) is 38.9. The first kappa shape index (κ1) is 40.0. The van der Waals surface area contributed by atoms with E-state index in [2.05, 4.69) is 229 Å². The maximum atomic E-state index is 7.06. The number of aryl methyl sites for hydroxylation is 2. The Balaban J connectivity index is 1.05. The van der Waals surface area contributed by atoms with Gasteiger partial charge in [-0.3, -0.25) is 0 Å². The number of anilines is 5. The summed E-state index contributed by atoms with van der Waals surface area (Å²) < 4.78 is 14.0. The number of nitrogens with one attached hydrogen (secondary N) is 1. The van der Waals surface area contributed by atoms with Gasteiger partial charge in [-0.25, -0.2) is 0 Å². The van der Waals surface area contributed by atoms with E-state index in [1.165, 1.54) is 49.0 Å². The first-order chi connectivity index (χ1) is 31.8.